The van der Waals surface area contributed by atoms with E-state index in [2.05, 4.69) is 20.2 Å². The summed E-state index contributed by atoms with van der Waals surface area (Å²) < 4.78 is 28.7. The summed E-state index contributed by atoms with van der Waals surface area (Å²) in [5, 5.41) is 9.44. The van der Waals surface area contributed by atoms with Gasteiger partial charge >= 0.3 is 0 Å². The molecule has 4 aromatic heterocycles. The molecule has 32 heavy (non-hydrogen) atoms. The van der Waals surface area contributed by atoms with Crippen molar-refractivity contribution in [3.05, 3.63) is 71.8 Å². The van der Waals surface area contributed by atoms with Gasteiger partial charge in [-0.15, -0.1) is 10.2 Å². The van der Waals surface area contributed by atoms with Crippen molar-refractivity contribution in [2.24, 2.45) is 0 Å². The Labute approximate surface area is 186 Å². The summed E-state index contributed by atoms with van der Waals surface area (Å²) in [7, 11) is 1.84. The highest BCUT2D eigenvalue weighted by molar-refractivity contribution is 6.31. The SMILES string of the molecule is CN(c1cccc(-c2ccc(C(C)(F)F)nc2)n1)c1nc2nncn2c2cc(Cl)ccc12. The van der Waals surface area contributed by atoms with Gasteiger partial charge in [-0.3, -0.25) is 9.38 Å². The van der Waals surface area contributed by atoms with Crippen LogP contribution in [0.3, 0.4) is 0 Å². The van der Waals surface area contributed by atoms with E-state index in [4.69, 9.17) is 16.6 Å². The third kappa shape index (κ3) is 3.50. The maximum atomic E-state index is 13.5. The summed E-state index contributed by atoms with van der Waals surface area (Å²) in [6.45, 7) is 0.819. The van der Waals surface area contributed by atoms with Gasteiger partial charge in [-0.25, -0.2) is 4.98 Å². The Balaban J connectivity index is 1.58. The molecule has 1 aromatic carbocycles. The average molecular weight is 452 g/mol. The van der Waals surface area contributed by atoms with Crippen molar-refractivity contribution in [1.29, 1.82) is 0 Å². The minimum absolute atomic E-state index is 0.287. The van der Waals surface area contributed by atoms with Crippen LogP contribution in [0.4, 0.5) is 20.4 Å². The second kappa shape index (κ2) is 7.45. The molecule has 0 N–H and O–H groups in total. The highest BCUT2D eigenvalue weighted by Crippen LogP contribution is 2.32. The Morgan fingerprint density at radius 3 is 2.66 bits per heavy atom. The second-order valence-corrected chi connectivity index (χ2v) is 7.79. The van der Waals surface area contributed by atoms with E-state index in [1.807, 2.05) is 36.2 Å². The van der Waals surface area contributed by atoms with Crippen molar-refractivity contribution in [2.45, 2.75) is 12.8 Å². The molecule has 10 heteroatoms. The summed E-state index contributed by atoms with van der Waals surface area (Å²) in [6, 6.07) is 13.9. The van der Waals surface area contributed by atoms with E-state index in [-0.39, 0.29) is 5.69 Å². The predicted molar refractivity (Wildman–Crippen MR) is 118 cm³/mol. The summed E-state index contributed by atoms with van der Waals surface area (Å²) in [5.74, 6) is -1.33. The molecule has 5 aromatic rings. The van der Waals surface area contributed by atoms with Gasteiger partial charge in [0.15, 0.2) is 0 Å². The maximum Gasteiger partial charge on any atom is 0.286 e. The first kappa shape index (κ1) is 20.2. The van der Waals surface area contributed by atoms with Crippen LogP contribution in [0.15, 0.2) is 61.1 Å². The lowest BCUT2D eigenvalue weighted by atomic mass is 10.1. The van der Waals surface area contributed by atoms with Gasteiger partial charge in [-0.1, -0.05) is 17.7 Å². The van der Waals surface area contributed by atoms with Gasteiger partial charge in [-0.05, 0) is 42.5 Å². The minimum Gasteiger partial charge on any atom is -0.313 e. The first-order valence-corrected chi connectivity index (χ1v) is 10.0. The Morgan fingerprint density at radius 1 is 1.06 bits per heavy atom. The fourth-order valence-electron chi connectivity index (χ4n) is 3.46. The van der Waals surface area contributed by atoms with E-state index in [0.29, 0.717) is 33.7 Å². The van der Waals surface area contributed by atoms with Crippen molar-refractivity contribution >= 4 is 39.9 Å². The van der Waals surface area contributed by atoms with Gasteiger partial charge in [0.25, 0.3) is 11.7 Å². The second-order valence-electron chi connectivity index (χ2n) is 7.36. The van der Waals surface area contributed by atoms with Crippen LogP contribution >= 0.6 is 11.6 Å². The van der Waals surface area contributed by atoms with Crippen LogP contribution in [0.5, 0.6) is 0 Å². The normalized spacial score (nSPS) is 11.9. The standard InChI is InChI=1S/C22H16ClF2N7/c1-22(24,25)18-9-6-13(11-26-18)16-4-3-5-19(28-16)31(2)20-15-8-7-14(23)10-17(15)32-12-27-30-21(32)29-20/h3-12H,1-2H3. The molecule has 0 saturated carbocycles. The van der Waals surface area contributed by atoms with Crippen molar-refractivity contribution in [3.63, 3.8) is 0 Å². The number of halogens is 3. The first-order chi connectivity index (χ1) is 15.3. The van der Waals surface area contributed by atoms with Crippen LogP contribution in [0.2, 0.25) is 5.02 Å². The lowest BCUT2D eigenvalue weighted by molar-refractivity contribution is 0.0128. The summed E-state index contributed by atoms with van der Waals surface area (Å²) >= 11 is 6.21. The maximum absolute atomic E-state index is 13.5. The molecule has 0 unspecified atom stereocenters. The third-order valence-electron chi connectivity index (χ3n) is 5.10. The van der Waals surface area contributed by atoms with Crippen LogP contribution in [0.1, 0.15) is 12.6 Å². The molecule has 0 amide bonds. The van der Waals surface area contributed by atoms with Gasteiger partial charge in [0.05, 0.1) is 11.2 Å². The third-order valence-corrected chi connectivity index (χ3v) is 5.34. The molecule has 160 valence electrons. The Bertz CT molecular complexity index is 1440. The molecule has 0 fully saturated rings. The first-order valence-electron chi connectivity index (χ1n) is 9.66. The molecule has 7 nitrogen and oxygen atoms in total. The lowest BCUT2D eigenvalue weighted by Gasteiger charge is -2.20. The molecule has 5 rings (SSSR count). The molecule has 0 saturated heterocycles. The van der Waals surface area contributed by atoms with Gasteiger partial charge in [0.1, 0.15) is 23.7 Å². The molecule has 0 aliphatic carbocycles. The molecule has 0 radical (unpaired) electrons. The van der Waals surface area contributed by atoms with Crippen molar-refractivity contribution < 1.29 is 8.78 Å². The van der Waals surface area contributed by atoms with Gasteiger partial charge in [0, 0.05) is 36.1 Å². The van der Waals surface area contributed by atoms with Crippen LogP contribution in [-0.4, -0.2) is 36.6 Å². The molecule has 0 atom stereocenters. The molecule has 0 bridgehead atoms. The van der Waals surface area contributed by atoms with Crippen LogP contribution in [0.25, 0.3) is 27.9 Å². The predicted octanol–water partition coefficient (Wildman–Crippen LogP) is 5.27. The van der Waals surface area contributed by atoms with Crippen molar-refractivity contribution in [3.8, 4) is 11.3 Å². The van der Waals surface area contributed by atoms with Gasteiger partial charge < -0.3 is 4.90 Å². The summed E-state index contributed by atoms with van der Waals surface area (Å²) in [4.78, 5) is 15.1. The fraction of sp³-hybridized carbons (Fsp3) is 0.136. The van der Waals surface area contributed by atoms with Crippen molar-refractivity contribution in [1.82, 2.24) is 29.5 Å². The number of hydrogen-bond donors (Lipinski definition) is 0. The molecule has 4 heterocycles. The number of nitrogens with zero attached hydrogens (tertiary/aromatic N) is 7. The van der Waals surface area contributed by atoms with Crippen LogP contribution in [-0.2, 0) is 5.92 Å². The zero-order valence-corrected chi connectivity index (χ0v) is 17.8. The Morgan fingerprint density at radius 2 is 1.91 bits per heavy atom. The molecular weight excluding hydrogens is 436 g/mol. The lowest BCUT2D eigenvalue weighted by Crippen LogP contribution is -2.14. The number of alkyl halides is 2. The number of aromatic nitrogens is 6. The highest BCUT2D eigenvalue weighted by atomic mass is 35.5. The number of rotatable bonds is 4. The monoisotopic (exact) mass is 451 g/mol. The molecule has 0 spiro atoms. The van der Waals surface area contributed by atoms with Crippen molar-refractivity contribution in [2.75, 3.05) is 11.9 Å². The minimum atomic E-state index is -3.00. The number of pyridine rings is 2. The summed E-state index contributed by atoms with van der Waals surface area (Å²) in [6.07, 6.45) is 2.98. The number of hydrogen-bond acceptors (Lipinski definition) is 6. The van der Waals surface area contributed by atoms with Crippen LogP contribution < -0.4 is 4.90 Å². The van der Waals surface area contributed by atoms with Gasteiger partial charge in [-0.2, -0.15) is 13.8 Å². The fourth-order valence-corrected chi connectivity index (χ4v) is 3.63. The van der Waals surface area contributed by atoms with Gasteiger partial charge in [0.2, 0.25) is 0 Å². The Kier molecular flexibility index (Phi) is 4.70. The average Bonchev–Trinajstić information content (AvgIpc) is 3.26. The Hall–Kier alpha value is -3.72. The summed E-state index contributed by atoms with van der Waals surface area (Å²) in [5.41, 5.74) is 1.76. The molecule has 0 aliphatic rings. The zero-order valence-electron chi connectivity index (χ0n) is 17.0. The van der Waals surface area contributed by atoms with E-state index < -0.39 is 5.92 Å². The number of fused-ring (bicyclic) bond motifs is 3. The van der Waals surface area contributed by atoms with E-state index >= 15 is 0 Å². The van der Waals surface area contributed by atoms with Crippen LogP contribution in [0, 0.1) is 0 Å². The van der Waals surface area contributed by atoms with E-state index in [1.54, 1.807) is 28.9 Å². The topological polar surface area (TPSA) is 72.1 Å². The largest absolute Gasteiger partial charge is 0.313 e. The number of benzene rings is 1. The highest BCUT2D eigenvalue weighted by Gasteiger charge is 2.25. The zero-order chi connectivity index (χ0) is 22.5. The molecule has 0 aliphatic heterocycles. The number of anilines is 2. The molecular formula is C22H16ClF2N7. The van der Waals surface area contributed by atoms with E-state index in [1.165, 1.54) is 12.3 Å². The quantitative estimate of drug-likeness (QED) is 0.371. The van der Waals surface area contributed by atoms with E-state index in [0.717, 1.165) is 17.8 Å². The van der Waals surface area contributed by atoms with E-state index in [9.17, 15) is 8.78 Å². The smallest absolute Gasteiger partial charge is 0.286 e.